The van der Waals surface area contributed by atoms with Gasteiger partial charge in [0.2, 0.25) is 10.0 Å². The van der Waals surface area contributed by atoms with Gasteiger partial charge in [-0.25, -0.2) is 8.42 Å². The first kappa shape index (κ1) is 23.7. The zero-order valence-corrected chi connectivity index (χ0v) is 17.9. The fourth-order valence-corrected chi connectivity index (χ4v) is 4.73. The number of sulfonamides is 1. The van der Waals surface area contributed by atoms with Crippen molar-refractivity contribution in [3.63, 3.8) is 0 Å². The molecule has 8 nitrogen and oxygen atoms in total. The van der Waals surface area contributed by atoms with E-state index < -0.39 is 28.3 Å². The molecule has 164 valence electrons. The molecule has 1 amide bonds. The number of benzene rings is 2. The van der Waals surface area contributed by atoms with Crippen LogP contribution in [0.1, 0.15) is 19.4 Å². The third-order valence-electron chi connectivity index (χ3n) is 4.54. The molecule has 0 aliphatic rings. The van der Waals surface area contributed by atoms with Crippen molar-refractivity contribution in [1.82, 2.24) is 9.62 Å². The third kappa shape index (κ3) is 6.72. The van der Waals surface area contributed by atoms with Crippen LogP contribution in [0.15, 0.2) is 59.5 Å². The van der Waals surface area contributed by atoms with Crippen molar-refractivity contribution in [2.75, 3.05) is 18.8 Å². The Morgan fingerprint density at radius 2 is 1.70 bits per heavy atom. The first-order valence-corrected chi connectivity index (χ1v) is 11.1. The maximum absolute atomic E-state index is 13.1. The molecule has 4 N–H and O–H groups in total. The number of aliphatic hydroxyl groups is 1. The van der Waals surface area contributed by atoms with E-state index in [1.54, 1.807) is 24.3 Å². The fraction of sp³-hybridized carbons (Fsp3) is 0.381. The first-order chi connectivity index (χ1) is 14.1. The second-order valence-corrected chi connectivity index (χ2v) is 9.52. The molecule has 0 saturated heterocycles. The second kappa shape index (κ2) is 10.4. The van der Waals surface area contributed by atoms with E-state index in [0.29, 0.717) is 5.69 Å². The minimum absolute atomic E-state index is 0.0116. The average molecular weight is 435 g/mol. The molecule has 30 heavy (non-hydrogen) atoms. The molecule has 0 aliphatic carbocycles. The van der Waals surface area contributed by atoms with Crippen molar-refractivity contribution in [3.05, 3.63) is 60.2 Å². The van der Waals surface area contributed by atoms with Crippen molar-refractivity contribution < 1.29 is 23.4 Å². The molecule has 2 aromatic rings. The Morgan fingerprint density at radius 3 is 2.23 bits per heavy atom. The lowest BCUT2D eigenvalue weighted by atomic mass is 10.0. The molecule has 0 spiro atoms. The van der Waals surface area contributed by atoms with Gasteiger partial charge in [-0.1, -0.05) is 44.2 Å². The van der Waals surface area contributed by atoms with Crippen LogP contribution < -0.4 is 16.2 Å². The van der Waals surface area contributed by atoms with Crippen molar-refractivity contribution in [1.29, 1.82) is 0 Å². The van der Waals surface area contributed by atoms with Crippen molar-refractivity contribution in [2.45, 2.75) is 37.3 Å². The van der Waals surface area contributed by atoms with Gasteiger partial charge in [-0.05, 0) is 42.2 Å². The average Bonchev–Trinajstić information content (AvgIpc) is 2.67. The zero-order chi connectivity index (χ0) is 22.3. The number of carboxylic acid groups (broad SMARTS) is 1. The predicted octanol–water partition coefficient (Wildman–Crippen LogP) is 0.821. The quantitative estimate of drug-likeness (QED) is 0.474. The summed E-state index contributed by atoms with van der Waals surface area (Å²) in [6, 6.07) is 13.9. The van der Waals surface area contributed by atoms with Gasteiger partial charge < -0.3 is 26.1 Å². The summed E-state index contributed by atoms with van der Waals surface area (Å²) in [5.74, 6) is -0.0116. The summed E-state index contributed by atoms with van der Waals surface area (Å²) in [7, 11) is -3.92. The molecule has 0 bridgehead atoms. The molecule has 9 heteroatoms. The summed E-state index contributed by atoms with van der Waals surface area (Å²) in [4.78, 5) is 11.2. The number of aliphatic hydroxyl groups excluding tert-OH is 1. The lowest BCUT2D eigenvalue weighted by Crippen LogP contribution is -2.53. The number of rotatable bonds is 10. The number of amides is 1. The van der Waals surface area contributed by atoms with Gasteiger partial charge in [-0.3, -0.25) is 0 Å². The Kier molecular flexibility index (Phi) is 8.22. The van der Waals surface area contributed by atoms with Crippen molar-refractivity contribution >= 4 is 21.8 Å². The highest BCUT2D eigenvalue weighted by Crippen LogP contribution is 2.20. The molecule has 0 heterocycles. The topological polar surface area (TPSA) is 136 Å². The Hall–Kier alpha value is -2.62. The standard InChI is InChI=1S/C21H29N3O5S/c1-15(2)13-24(30(28,29)18-10-8-17(22)9-11-18)14-20(25)19(23-21(26)27)12-16-6-4-3-5-7-16/h3-11,15,19-20,23,25H,12-14,22H2,1-2H3,(H,26,27)/p-1. The van der Waals surface area contributed by atoms with Gasteiger partial charge in [0.05, 0.1) is 17.0 Å². The summed E-state index contributed by atoms with van der Waals surface area (Å²) in [5.41, 5.74) is 6.88. The van der Waals surface area contributed by atoms with E-state index in [2.05, 4.69) is 5.32 Å². The Bertz CT molecular complexity index is 917. The Balaban J connectivity index is 2.27. The van der Waals surface area contributed by atoms with Crippen LogP contribution in [-0.2, 0) is 16.4 Å². The number of hydrogen-bond donors (Lipinski definition) is 3. The summed E-state index contributed by atoms with van der Waals surface area (Å²) >= 11 is 0. The minimum atomic E-state index is -3.92. The predicted molar refractivity (Wildman–Crippen MR) is 113 cm³/mol. The summed E-state index contributed by atoms with van der Waals surface area (Å²) in [5, 5.41) is 24.1. The van der Waals surface area contributed by atoms with Gasteiger partial charge in [0.1, 0.15) is 6.09 Å². The van der Waals surface area contributed by atoms with Gasteiger partial charge >= 0.3 is 0 Å². The first-order valence-electron chi connectivity index (χ1n) is 9.64. The normalized spacial score (nSPS) is 13.9. The van der Waals surface area contributed by atoms with Gasteiger partial charge in [0.15, 0.2) is 0 Å². The van der Waals surface area contributed by atoms with E-state index in [4.69, 9.17) is 5.73 Å². The molecule has 0 radical (unpaired) electrons. The molecule has 0 aromatic heterocycles. The lowest BCUT2D eigenvalue weighted by Gasteiger charge is -2.31. The number of carbonyl (C=O) groups excluding carboxylic acids is 1. The summed E-state index contributed by atoms with van der Waals surface area (Å²) in [6.45, 7) is 3.60. The zero-order valence-electron chi connectivity index (χ0n) is 17.1. The van der Waals surface area contributed by atoms with Crippen LogP contribution >= 0.6 is 0 Å². The molecule has 2 atom stereocenters. The number of nitrogen functional groups attached to an aromatic ring is 1. The molecule has 2 rings (SSSR count). The lowest BCUT2D eigenvalue weighted by molar-refractivity contribution is -0.252. The van der Waals surface area contributed by atoms with E-state index in [1.165, 1.54) is 28.6 Å². The molecule has 0 saturated carbocycles. The number of carbonyl (C=O) groups is 1. The number of nitrogens with zero attached hydrogens (tertiary/aromatic N) is 1. The largest absolute Gasteiger partial charge is 0.530 e. The SMILES string of the molecule is CC(C)CN(CC(O)C(Cc1ccccc1)NC(=O)[O-])S(=O)(=O)c1ccc(N)cc1. The number of anilines is 1. The highest BCUT2D eigenvalue weighted by molar-refractivity contribution is 7.89. The van der Waals surface area contributed by atoms with Crippen LogP contribution in [0.5, 0.6) is 0 Å². The number of nitrogens with two attached hydrogens (primary N) is 1. The van der Waals surface area contributed by atoms with E-state index in [1.807, 2.05) is 19.9 Å². The van der Waals surface area contributed by atoms with Gasteiger partial charge in [-0.15, -0.1) is 0 Å². The van der Waals surface area contributed by atoms with Crippen molar-refractivity contribution in [3.8, 4) is 0 Å². The van der Waals surface area contributed by atoms with E-state index in [0.717, 1.165) is 5.56 Å². The Labute approximate surface area is 177 Å². The van der Waals surface area contributed by atoms with Gasteiger partial charge in [0.25, 0.3) is 0 Å². The van der Waals surface area contributed by atoms with Crippen molar-refractivity contribution in [2.24, 2.45) is 5.92 Å². The van der Waals surface area contributed by atoms with E-state index in [9.17, 15) is 23.4 Å². The highest BCUT2D eigenvalue weighted by Gasteiger charge is 2.30. The Morgan fingerprint density at radius 1 is 1.10 bits per heavy atom. The van der Waals surface area contributed by atoms with Crippen LogP contribution in [0.2, 0.25) is 0 Å². The van der Waals surface area contributed by atoms with Crippen LogP contribution in [0, 0.1) is 5.92 Å². The molecule has 2 unspecified atom stereocenters. The van der Waals surface area contributed by atoms with Crippen LogP contribution in [0.4, 0.5) is 10.5 Å². The van der Waals surface area contributed by atoms with Crippen LogP contribution in [0.25, 0.3) is 0 Å². The molecule has 0 aliphatic heterocycles. The molecular weight excluding hydrogens is 406 g/mol. The third-order valence-corrected chi connectivity index (χ3v) is 6.39. The smallest absolute Gasteiger partial charge is 0.243 e. The minimum Gasteiger partial charge on any atom is -0.530 e. The van der Waals surface area contributed by atoms with E-state index >= 15 is 0 Å². The summed E-state index contributed by atoms with van der Waals surface area (Å²) < 4.78 is 27.5. The summed E-state index contributed by atoms with van der Waals surface area (Å²) in [6.07, 6.45) is -2.63. The van der Waals surface area contributed by atoms with Crippen LogP contribution in [-0.4, -0.2) is 49.2 Å². The number of nitrogens with one attached hydrogen (secondary N) is 1. The maximum Gasteiger partial charge on any atom is 0.243 e. The second-order valence-electron chi connectivity index (χ2n) is 7.58. The van der Waals surface area contributed by atoms with E-state index in [-0.39, 0.29) is 30.3 Å². The monoisotopic (exact) mass is 434 g/mol. The van der Waals surface area contributed by atoms with Gasteiger partial charge in [-0.2, -0.15) is 4.31 Å². The maximum atomic E-state index is 13.1. The van der Waals surface area contributed by atoms with Gasteiger partial charge in [0, 0.05) is 18.8 Å². The molecule has 0 fully saturated rings. The van der Waals surface area contributed by atoms with Crippen LogP contribution in [0.3, 0.4) is 0 Å². The highest BCUT2D eigenvalue weighted by atomic mass is 32.2. The number of hydrogen-bond acceptors (Lipinski definition) is 6. The molecule has 2 aromatic carbocycles. The molecular formula is C21H28N3O5S-. The fourth-order valence-electron chi connectivity index (χ4n) is 3.11.